The molecule has 1 aromatic carbocycles. The van der Waals surface area contributed by atoms with Gasteiger partial charge in [-0.2, -0.15) is 0 Å². The van der Waals surface area contributed by atoms with Gasteiger partial charge in [-0.15, -0.1) is 0 Å². The minimum atomic E-state index is -3.36. The molecule has 1 N–H and O–H groups in total. The first kappa shape index (κ1) is 17.3. The van der Waals surface area contributed by atoms with Crippen molar-refractivity contribution in [1.29, 1.82) is 0 Å². The van der Waals surface area contributed by atoms with Crippen LogP contribution in [0.25, 0.3) is 0 Å². The molecule has 0 spiro atoms. The summed E-state index contributed by atoms with van der Waals surface area (Å²) in [4.78, 5) is 14.6. The summed E-state index contributed by atoms with van der Waals surface area (Å²) in [6, 6.07) is 8.44. The highest BCUT2D eigenvalue weighted by molar-refractivity contribution is 7.91. The Morgan fingerprint density at radius 1 is 1.04 bits per heavy atom. The van der Waals surface area contributed by atoms with E-state index in [0.717, 1.165) is 38.5 Å². The first-order valence-electron chi connectivity index (χ1n) is 8.91. The van der Waals surface area contributed by atoms with Gasteiger partial charge in [0.1, 0.15) is 0 Å². The summed E-state index contributed by atoms with van der Waals surface area (Å²) >= 11 is 0. The van der Waals surface area contributed by atoms with Crippen LogP contribution in [0.15, 0.2) is 35.2 Å². The van der Waals surface area contributed by atoms with Gasteiger partial charge in [-0.1, -0.05) is 37.5 Å². The van der Waals surface area contributed by atoms with Gasteiger partial charge < -0.3 is 10.2 Å². The predicted molar refractivity (Wildman–Crippen MR) is 93.6 cm³/mol. The van der Waals surface area contributed by atoms with Crippen LogP contribution in [0.4, 0.5) is 4.79 Å². The van der Waals surface area contributed by atoms with Crippen LogP contribution in [0.5, 0.6) is 0 Å². The topological polar surface area (TPSA) is 66.5 Å². The van der Waals surface area contributed by atoms with Crippen LogP contribution in [0, 0.1) is 0 Å². The fourth-order valence-electron chi connectivity index (χ4n) is 3.76. The molecule has 5 nitrogen and oxygen atoms in total. The van der Waals surface area contributed by atoms with Crippen LogP contribution in [-0.2, 0) is 9.84 Å². The number of carbonyl (C=O) groups excluding carboxylic acids is 1. The molecule has 1 aromatic rings. The zero-order valence-electron chi connectivity index (χ0n) is 14.0. The van der Waals surface area contributed by atoms with Crippen molar-refractivity contribution in [3.8, 4) is 0 Å². The second-order valence-corrected chi connectivity index (χ2v) is 8.90. The number of nitrogens with one attached hydrogen (secondary N) is 1. The first-order chi connectivity index (χ1) is 11.6. The Balaban J connectivity index is 1.63. The molecule has 6 heteroatoms. The molecule has 1 heterocycles. The molecule has 1 saturated carbocycles. The second kappa shape index (κ2) is 7.55. The number of hydrogen-bond acceptors (Lipinski definition) is 3. The highest BCUT2D eigenvalue weighted by atomic mass is 32.2. The molecule has 2 amide bonds. The summed E-state index contributed by atoms with van der Waals surface area (Å²) in [6.45, 7) is 0.646. The first-order valence-corrected chi connectivity index (χ1v) is 10.6. The van der Waals surface area contributed by atoms with Crippen molar-refractivity contribution >= 4 is 15.9 Å². The van der Waals surface area contributed by atoms with Crippen LogP contribution in [-0.4, -0.2) is 43.7 Å². The van der Waals surface area contributed by atoms with E-state index in [1.807, 2.05) is 0 Å². The molecule has 0 aromatic heterocycles. The molecular formula is C18H26N2O3S. The van der Waals surface area contributed by atoms with Gasteiger partial charge in [-0.3, -0.25) is 0 Å². The van der Waals surface area contributed by atoms with Gasteiger partial charge >= 0.3 is 6.03 Å². The lowest BCUT2D eigenvalue weighted by Gasteiger charge is -2.29. The Labute approximate surface area is 144 Å². The lowest BCUT2D eigenvalue weighted by molar-refractivity contribution is 0.188. The van der Waals surface area contributed by atoms with Crippen molar-refractivity contribution in [2.24, 2.45) is 0 Å². The number of likely N-dealkylation sites (tertiary alicyclic amines) is 1. The molecule has 1 aliphatic carbocycles. The van der Waals surface area contributed by atoms with E-state index in [2.05, 4.69) is 5.32 Å². The van der Waals surface area contributed by atoms with E-state index < -0.39 is 9.84 Å². The summed E-state index contributed by atoms with van der Waals surface area (Å²) in [6.07, 6.45) is 7.26. The fourth-order valence-corrected chi connectivity index (χ4v) is 5.38. The van der Waals surface area contributed by atoms with E-state index in [4.69, 9.17) is 0 Å². The summed E-state index contributed by atoms with van der Waals surface area (Å²) in [5.74, 6) is 0.00903. The van der Waals surface area contributed by atoms with Crippen molar-refractivity contribution in [2.75, 3.05) is 12.3 Å². The standard InChI is InChI=1S/C18H26N2O3S/c21-18(19-15-8-3-1-4-9-15)20-13-7-10-16(20)14-24(22,23)17-11-5-2-6-12-17/h2,5-6,11-12,15-16H,1,3-4,7-10,13-14H2,(H,19,21). The molecule has 0 bridgehead atoms. The second-order valence-electron chi connectivity index (χ2n) is 6.87. The molecule has 3 rings (SSSR count). The van der Waals surface area contributed by atoms with Crippen LogP contribution < -0.4 is 5.32 Å². The summed E-state index contributed by atoms with van der Waals surface area (Å²) in [5, 5.41) is 3.11. The highest BCUT2D eigenvalue weighted by Gasteiger charge is 2.33. The van der Waals surface area contributed by atoms with Crippen molar-refractivity contribution in [1.82, 2.24) is 10.2 Å². The van der Waals surface area contributed by atoms with Crippen molar-refractivity contribution < 1.29 is 13.2 Å². The van der Waals surface area contributed by atoms with E-state index in [0.29, 0.717) is 11.4 Å². The maximum absolute atomic E-state index is 12.6. The fraction of sp³-hybridized carbons (Fsp3) is 0.611. The van der Waals surface area contributed by atoms with E-state index in [-0.39, 0.29) is 23.9 Å². The van der Waals surface area contributed by atoms with E-state index in [1.54, 1.807) is 35.2 Å². The Hall–Kier alpha value is -1.56. The van der Waals surface area contributed by atoms with Gasteiger partial charge in [-0.25, -0.2) is 13.2 Å². The number of carbonyl (C=O) groups is 1. The number of rotatable bonds is 4. The van der Waals surface area contributed by atoms with E-state index >= 15 is 0 Å². The third-order valence-corrected chi connectivity index (χ3v) is 6.90. The average molecular weight is 350 g/mol. The monoisotopic (exact) mass is 350 g/mol. The van der Waals surface area contributed by atoms with Crippen LogP contribution in [0.1, 0.15) is 44.9 Å². The summed E-state index contributed by atoms with van der Waals surface area (Å²) in [5.41, 5.74) is 0. The van der Waals surface area contributed by atoms with Gasteiger partial charge in [0, 0.05) is 18.6 Å². The van der Waals surface area contributed by atoms with E-state index in [9.17, 15) is 13.2 Å². The molecule has 132 valence electrons. The van der Waals surface area contributed by atoms with Gasteiger partial charge in [0.15, 0.2) is 9.84 Å². The third-order valence-electron chi connectivity index (χ3n) is 5.08. The molecule has 2 aliphatic rings. The Morgan fingerprint density at radius 3 is 2.46 bits per heavy atom. The zero-order valence-corrected chi connectivity index (χ0v) is 14.8. The summed E-state index contributed by atoms with van der Waals surface area (Å²) in [7, 11) is -3.36. The summed E-state index contributed by atoms with van der Waals surface area (Å²) < 4.78 is 25.2. The Morgan fingerprint density at radius 2 is 1.75 bits per heavy atom. The zero-order chi connectivity index (χ0) is 17.0. The van der Waals surface area contributed by atoms with Gasteiger partial charge in [0.05, 0.1) is 10.6 Å². The molecule has 24 heavy (non-hydrogen) atoms. The maximum atomic E-state index is 12.6. The van der Waals surface area contributed by atoms with Gasteiger partial charge in [0.25, 0.3) is 0 Å². The van der Waals surface area contributed by atoms with Crippen molar-refractivity contribution in [3.63, 3.8) is 0 Å². The van der Waals surface area contributed by atoms with Gasteiger partial charge in [-0.05, 0) is 37.8 Å². The average Bonchev–Trinajstić information content (AvgIpc) is 3.04. The number of sulfone groups is 1. The molecule has 2 fully saturated rings. The number of benzene rings is 1. The lowest BCUT2D eigenvalue weighted by Crippen LogP contribution is -2.48. The lowest BCUT2D eigenvalue weighted by atomic mass is 9.96. The van der Waals surface area contributed by atoms with Crippen LogP contribution in [0.3, 0.4) is 0 Å². The minimum absolute atomic E-state index is 0.00903. The third kappa shape index (κ3) is 4.09. The quantitative estimate of drug-likeness (QED) is 0.908. The number of urea groups is 1. The molecule has 1 aliphatic heterocycles. The smallest absolute Gasteiger partial charge is 0.317 e. The number of hydrogen-bond donors (Lipinski definition) is 1. The number of nitrogens with zero attached hydrogens (tertiary/aromatic N) is 1. The molecule has 0 radical (unpaired) electrons. The SMILES string of the molecule is O=C(NC1CCCCC1)N1CCCC1CS(=O)(=O)c1ccccc1. The van der Waals surface area contributed by atoms with Gasteiger partial charge in [0.2, 0.25) is 0 Å². The normalized spacial score (nSPS) is 22.5. The van der Waals surface area contributed by atoms with Crippen molar-refractivity contribution in [3.05, 3.63) is 30.3 Å². The molecule has 1 unspecified atom stereocenters. The van der Waals surface area contributed by atoms with Crippen molar-refractivity contribution in [2.45, 2.75) is 61.9 Å². The molecule has 1 atom stereocenters. The Kier molecular flexibility index (Phi) is 5.43. The Bertz CT molecular complexity index is 654. The molecule has 1 saturated heterocycles. The maximum Gasteiger partial charge on any atom is 0.317 e. The minimum Gasteiger partial charge on any atom is -0.335 e. The van der Waals surface area contributed by atoms with E-state index in [1.165, 1.54) is 6.42 Å². The molecular weight excluding hydrogens is 324 g/mol. The predicted octanol–water partition coefficient (Wildman–Crippen LogP) is 2.97. The largest absolute Gasteiger partial charge is 0.335 e. The van der Waals surface area contributed by atoms with Crippen LogP contribution in [0.2, 0.25) is 0 Å². The van der Waals surface area contributed by atoms with Crippen LogP contribution >= 0.6 is 0 Å². The number of amides is 2. The highest BCUT2D eigenvalue weighted by Crippen LogP contribution is 2.23.